The van der Waals surface area contributed by atoms with Gasteiger partial charge >= 0.3 is 5.97 Å². The van der Waals surface area contributed by atoms with Gasteiger partial charge in [-0.1, -0.05) is 32.4 Å². The maximum absolute atomic E-state index is 11.6. The van der Waals surface area contributed by atoms with Gasteiger partial charge < -0.3 is 4.74 Å². The van der Waals surface area contributed by atoms with Crippen LogP contribution in [0.5, 0.6) is 0 Å². The molecule has 1 rings (SSSR count). The molecule has 0 aromatic heterocycles. The molecule has 0 aliphatic heterocycles. The number of ether oxygens (including phenoxy) is 1. The van der Waals surface area contributed by atoms with Crippen LogP contribution in [0, 0.1) is 0 Å². The molecule has 0 aliphatic carbocycles. The molecule has 0 amide bonds. The summed E-state index contributed by atoms with van der Waals surface area (Å²) in [5, 5.41) is 0. The van der Waals surface area contributed by atoms with Gasteiger partial charge in [0, 0.05) is 17.5 Å². The lowest BCUT2D eigenvalue weighted by Gasteiger charge is -2.05. The molecule has 0 unspecified atom stereocenters. The molecule has 1 aromatic carbocycles. The van der Waals surface area contributed by atoms with Gasteiger partial charge in [0.2, 0.25) is 0 Å². The number of rotatable bonds is 4. The molecule has 0 atom stereocenters. The number of hydrogen-bond acceptors (Lipinski definition) is 4. The quantitative estimate of drug-likeness (QED) is 0.478. The van der Waals surface area contributed by atoms with Crippen molar-refractivity contribution in [2.45, 2.75) is 32.1 Å². The van der Waals surface area contributed by atoms with Gasteiger partial charge in [-0.3, -0.25) is 4.99 Å². The Morgan fingerprint density at radius 2 is 1.74 bits per heavy atom. The van der Waals surface area contributed by atoms with Gasteiger partial charge in [0.25, 0.3) is 0 Å². The van der Waals surface area contributed by atoms with Crippen LogP contribution in [-0.2, 0) is 9.53 Å². The third kappa shape index (κ3) is 6.43. The lowest BCUT2D eigenvalue weighted by molar-refractivity contribution is -0.134. The maximum Gasteiger partial charge on any atom is 0.357 e. The van der Waals surface area contributed by atoms with Crippen LogP contribution < -0.4 is 0 Å². The molecule has 0 aliphatic rings. The van der Waals surface area contributed by atoms with Crippen molar-refractivity contribution in [3.63, 3.8) is 0 Å². The Bertz CT molecular complexity index is 399. The molecule has 0 saturated carbocycles. The van der Waals surface area contributed by atoms with E-state index in [9.17, 15) is 4.79 Å². The van der Waals surface area contributed by atoms with Crippen LogP contribution >= 0.6 is 11.8 Å². The highest BCUT2D eigenvalue weighted by Gasteiger charge is 2.13. The van der Waals surface area contributed by atoms with Crippen molar-refractivity contribution in [1.82, 2.24) is 0 Å². The summed E-state index contributed by atoms with van der Waals surface area (Å²) in [4.78, 5) is 16.7. The van der Waals surface area contributed by atoms with E-state index in [1.165, 1.54) is 6.42 Å². The second kappa shape index (κ2) is 10.6. The maximum atomic E-state index is 11.6. The van der Waals surface area contributed by atoms with E-state index in [1.54, 1.807) is 25.7 Å². The molecule has 0 radical (unpaired) electrons. The van der Waals surface area contributed by atoms with Crippen molar-refractivity contribution < 1.29 is 9.53 Å². The molecule has 19 heavy (non-hydrogen) atoms. The third-order valence-electron chi connectivity index (χ3n) is 2.06. The van der Waals surface area contributed by atoms with E-state index in [2.05, 4.69) is 18.8 Å². The highest BCUT2D eigenvalue weighted by atomic mass is 32.2. The summed E-state index contributed by atoms with van der Waals surface area (Å²) < 4.78 is 4.93. The van der Waals surface area contributed by atoms with E-state index >= 15 is 0 Å². The van der Waals surface area contributed by atoms with Crippen LogP contribution in [0.25, 0.3) is 0 Å². The molecule has 0 spiro atoms. The number of esters is 1. The Kier molecular flexibility index (Phi) is 9.90. The summed E-state index contributed by atoms with van der Waals surface area (Å²) in [6, 6.07) is 7.69. The Morgan fingerprint density at radius 1 is 1.21 bits per heavy atom. The van der Waals surface area contributed by atoms with Crippen LogP contribution in [0.3, 0.4) is 0 Å². The van der Waals surface area contributed by atoms with Gasteiger partial charge in [-0.05, 0) is 25.3 Å². The standard InChI is InChI=1S/C12H15NO2S.C3H8/c1-4-15-12(14)11(13-2)9-5-7-10(16-3)8-6-9;1-3-2/h5-8H,4H2,1-3H3;3H2,1-2H3. The van der Waals surface area contributed by atoms with Crippen LogP contribution in [0.15, 0.2) is 34.2 Å². The van der Waals surface area contributed by atoms with Gasteiger partial charge in [0.15, 0.2) is 0 Å². The lowest BCUT2D eigenvalue weighted by atomic mass is 10.1. The summed E-state index contributed by atoms with van der Waals surface area (Å²) in [5.41, 5.74) is 1.16. The minimum Gasteiger partial charge on any atom is -0.461 e. The van der Waals surface area contributed by atoms with Crippen LogP contribution in [0.4, 0.5) is 0 Å². The summed E-state index contributed by atoms with van der Waals surface area (Å²) in [6.45, 7) is 6.39. The van der Waals surface area contributed by atoms with Crippen molar-refractivity contribution in [1.29, 1.82) is 0 Å². The molecular weight excluding hydrogens is 258 g/mol. The molecule has 4 heteroatoms. The van der Waals surface area contributed by atoms with E-state index in [1.807, 2.05) is 30.5 Å². The Morgan fingerprint density at radius 3 is 2.11 bits per heavy atom. The number of carbonyl (C=O) groups is 1. The Hall–Kier alpha value is -1.29. The first kappa shape index (κ1) is 17.7. The topological polar surface area (TPSA) is 38.7 Å². The fraction of sp³-hybridized carbons (Fsp3) is 0.467. The molecule has 0 N–H and O–H groups in total. The van der Waals surface area contributed by atoms with Gasteiger partial charge in [-0.25, -0.2) is 4.79 Å². The second-order valence-corrected chi connectivity index (χ2v) is 4.61. The van der Waals surface area contributed by atoms with Crippen LogP contribution in [0.2, 0.25) is 0 Å². The highest BCUT2D eigenvalue weighted by Crippen LogP contribution is 2.15. The molecule has 0 fully saturated rings. The SMILES string of the molecule is CCC.CCOC(=O)C(=NC)c1ccc(SC)cc1. The Balaban J connectivity index is 0.000000982. The van der Waals surface area contributed by atoms with E-state index in [0.717, 1.165) is 10.5 Å². The third-order valence-corrected chi connectivity index (χ3v) is 2.80. The number of benzene rings is 1. The van der Waals surface area contributed by atoms with E-state index in [4.69, 9.17) is 4.74 Å². The predicted octanol–water partition coefficient (Wildman–Crippen LogP) is 3.81. The van der Waals surface area contributed by atoms with Gasteiger partial charge in [-0.2, -0.15) is 0 Å². The number of aliphatic imine (C=N–C) groups is 1. The average Bonchev–Trinajstić information content (AvgIpc) is 2.41. The molecular formula is C15H23NO2S. The summed E-state index contributed by atoms with van der Waals surface area (Å²) in [6.07, 6.45) is 3.26. The fourth-order valence-corrected chi connectivity index (χ4v) is 1.69. The van der Waals surface area contributed by atoms with Crippen molar-refractivity contribution in [2.24, 2.45) is 4.99 Å². The predicted molar refractivity (Wildman–Crippen MR) is 83.3 cm³/mol. The monoisotopic (exact) mass is 281 g/mol. The molecule has 0 saturated heterocycles. The Labute approximate surface area is 120 Å². The van der Waals surface area contributed by atoms with E-state index < -0.39 is 0 Å². The molecule has 0 bridgehead atoms. The second-order valence-electron chi connectivity index (χ2n) is 3.73. The normalized spacial score (nSPS) is 10.5. The molecule has 0 heterocycles. The summed E-state index contributed by atoms with van der Waals surface area (Å²) in [7, 11) is 1.59. The number of thioether (sulfide) groups is 1. The van der Waals surface area contributed by atoms with Gasteiger partial charge in [0.05, 0.1) is 6.61 Å². The summed E-state index contributed by atoms with van der Waals surface area (Å²) in [5.74, 6) is -0.373. The van der Waals surface area contributed by atoms with Crippen LogP contribution in [0.1, 0.15) is 32.8 Å². The minimum absolute atomic E-state index is 0.362. The van der Waals surface area contributed by atoms with Crippen LogP contribution in [-0.4, -0.2) is 31.6 Å². The summed E-state index contributed by atoms with van der Waals surface area (Å²) >= 11 is 1.66. The number of hydrogen-bond donors (Lipinski definition) is 0. The van der Waals surface area contributed by atoms with Crippen molar-refractivity contribution in [3.8, 4) is 0 Å². The average molecular weight is 281 g/mol. The van der Waals surface area contributed by atoms with Crippen molar-refractivity contribution in [2.75, 3.05) is 19.9 Å². The fourth-order valence-electron chi connectivity index (χ4n) is 1.29. The van der Waals surface area contributed by atoms with Crippen molar-refractivity contribution in [3.05, 3.63) is 29.8 Å². The van der Waals surface area contributed by atoms with Gasteiger partial charge in [0.1, 0.15) is 5.71 Å². The molecule has 3 nitrogen and oxygen atoms in total. The van der Waals surface area contributed by atoms with Crippen molar-refractivity contribution >= 4 is 23.4 Å². The minimum atomic E-state index is -0.373. The zero-order valence-corrected chi connectivity index (χ0v) is 13.2. The highest BCUT2D eigenvalue weighted by molar-refractivity contribution is 7.98. The first-order chi connectivity index (χ1) is 9.14. The first-order valence-electron chi connectivity index (χ1n) is 6.42. The van der Waals surface area contributed by atoms with E-state index in [-0.39, 0.29) is 5.97 Å². The largest absolute Gasteiger partial charge is 0.461 e. The zero-order valence-electron chi connectivity index (χ0n) is 12.4. The lowest BCUT2D eigenvalue weighted by Crippen LogP contribution is -2.18. The van der Waals surface area contributed by atoms with E-state index in [0.29, 0.717) is 12.3 Å². The zero-order chi connectivity index (χ0) is 14.7. The first-order valence-corrected chi connectivity index (χ1v) is 7.65. The number of nitrogens with zero attached hydrogens (tertiary/aromatic N) is 1. The smallest absolute Gasteiger partial charge is 0.357 e. The number of carbonyl (C=O) groups excluding carboxylic acids is 1. The van der Waals surface area contributed by atoms with Gasteiger partial charge in [-0.15, -0.1) is 11.8 Å². The molecule has 106 valence electrons. The molecule has 1 aromatic rings.